The number of aromatic nitrogens is 2. The molecule has 0 radical (unpaired) electrons. The summed E-state index contributed by atoms with van der Waals surface area (Å²) in [4.78, 5) is 153. The first-order valence-electron chi connectivity index (χ1n) is 35.8. The number of nitrogens with one attached hydrogen (secondary N) is 2. The Bertz CT molecular complexity index is 3570. The van der Waals surface area contributed by atoms with Crippen LogP contribution in [0.4, 0.5) is 55.1 Å². The fourth-order valence-electron chi connectivity index (χ4n) is 10.9. The van der Waals surface area contributed by atoms with Crippen molar-refractivity contribution < 1.29 is 112 Å². The van der Waals surface area contributed by atoms with Crippen LogP contribution in [0, 0.1) is 0 Å². The van der Waals surface area contributed by atoms with Crippen molar-refractivity contribution in [1.29, 1.82) is 0 Å². The van der Waals surface area contributed by atoms with Gasteiger partial charge in [0.25, 0.3) is 0 Å². The summed E-state index contributed by atoms with van der Waals surface area (Å²) in [5.74, 6) is -3.83. The molecule has 26 nitrogen and oxygen atoms in total. The molecule has 2 aromatic carbocycles. The Morgan fingerprint density at radius 3 is 1.03 bits per heavy atom. The lowest BCUT2D eigenvalue weighted by molar-refractivity contribution is -0.138. The number of ether oxygens (including phenoxy) is 8. The number of hydrogen-bond donors (Lipinski definition) is 2. The van der Waals surface area contributed by atoms with Gasteiger partial charge in [-0.2, -0.15) is 36.3 Å². The van der Waals surface area contributed by atoms with Crippen molar-refractivity contribution in [3.8, 4) is 11.5 Å². The summed E-state index contributed by atoms with van der Waals surface area (Å²) < 4.78 is 136. The average Bonchev–Trinajstić information content (AvgIpc) is 1.02. The molecule has 108 heavy (non-hydrogen) atoms. The van der Waals surface area contributed by atoms with E-state index in [0.717, 1.165) is 24.5 Å². The molecule has 0 spiro atoms. The summed E-state index contributed by atoms with van der Waals surface area (Å²) in [5, 5.41) is 4.92. The van der Waals surface area contributed by atoms with E-state index in [1.807, 2.05) is 0 Å². The SMILES string of the molecule is CC(C)(C)OC(=O)N=C(CCCCCC(=O)Cc1cc(C(F)(F)F)cc(CC(=O)c2cc(C(=O)Cc3cc(C(F)(F)F)cc(CC(=O)CCCCCC(=NC(=O)OC(C)(C)C)NC(=O)OC(C)(C)C)c3O[C@@H]3CCN(C(=O)OC(C)(C)C)C3)ncn2)c1O[C@@H]1CCN(C(=O)OC(C)(C)C)C1)NC(=O)OC(C)(C)C. The highest BCUT2D eigenvalue weighted by Gasteiger charge is 2.39. The predicted octanol–water partition coefficient (Wildman–Crippen LogP) is 16.0. The molecule has 3 heterocycles. The minimum Gasteiger partial charge on any atom is -0.488 e. The van der Waals surface area contributed by atoms with E-state index in [1.54, 1.807) is 125 Å². The van der Waals surface area contributed by atoms with Crippen molar-refractivity contribution in [3.05, 3.63) is 81.4 Å². The number of Topliss-reactive ketones (excluding diaryl/α,β-unsaturated/α-hetero) is 4. The molecule has 598 valence electrons. The number of rotatable bonds is 26. The largest absolute Gasteiger partial charge is 0.488 e. The first-order chi connectivity index (χ1) is 49.6. The van der Waals surface area contributed by atoms with Gasteiger partial charge >= 0.3 is 48.9 Å². The van der Waals surface area contributed by atoms with Gasteiger partial charge in [0.2, 0.25) is 0 Å². The summed E-state index contributed by atoms with van der Waals surface area (Å²) in [6.07, 6.45) is -18.0. The molecule has 6 amide bonds. The zero-order valence-corrected chi connectivity index (χ0v) is 65.1. The van der Waals surface area contributed by atoms with Crippen molar-refractivity contribution in [2.45, 2.75) is 286 Å². The quantitative estimate of drug-likeness (QED) is 0.0188. The standard InChI is InChI=1S/C76H104F6N8O18/c1-69(2,3)103-63(95)85-59(86-64(96)104-70(4,5)6)27-23-19-21-25-51(91)37-45-33-49(75(77,78)79)35-47(61(45)101-53-29-31-89(42-53)67(99)107-73(13,14)15)39-57(93)55-41-56(84-44-83-55)58(94)40-48-36-50(76(80,81)82)34-46(62(48)102-54-30-32-90(43-54)68(100)108-74(16,17)18)38-52(92)26-22-20-24-28-60(87-65(97)105-71(7,8)9)88-66(98)106-72(10,11)12/h33-36,41,44,53-54H,19-32,37-40,42-43H2,1-18H3,(H,85,86,95,96)(H,87,88,97,98)/t53-,54-/m1/s1. The number of benzene rings is 2. The molecule has 32 heteroatoms. The van der Waals surface area contributed by atoms with Crippen molar-refractivity contribution >= 4 is 71.4 Å². The van der Waals surface area contributed by atoms with Gasteiger partial charge in [0.15, 0.2) is 11.6 Å². The van der Waals surface area contributed by atoms with Crippen LogP contribution in [-0.4, -0.2) is 163 Å². The molecule has 0 unspecified atom stereocenters. The van der Waals surface area contributed by atoms with E-state index in [-0.39, 0.29) is 136 Å². The van der Waals surface area contributed by atoms with E-state index in [0.29, 0.717) is 25.0 Å². The Balaban J connectivity index is 1.47. The van der Waals surface area contributed by atoms with Crippen LogP contribution in [0.1, 0.15) is 256 Å². The van der Waals surface area contributed by atoms with Gasteiger partial charge in [0, 0.05) is 99.6 Å². The molecule has 2 atom stereocenters. The highest BCUT2D eigenvalue weighted by Crippen LogP contribution is 2.40. The summed E-state index contributed by atoms with van der Waals surface area (Å²) in [7, 11) is 0. The molecule has 0 bridgehead atoms. The van der Waals surface area contributed by atoms with Gasteiger partial charge < -0.3 is 47.7 Å². The van der Waals surface area contributed by atoms with Crippen LogP contribution in [-0.2, 0) is 76.0 Å². The van der Waals surface area contributed by atoms with Gasteiger partial charge in [-0.25, -0.2) is 38.7 Å². The second-order valence-electron chi connectivity index (χ2n) is 32.5. The summed E-state index contributed by atoms with van der Waals surface area (Å²) in [6, 6.07) is 3.70. The Kier molecular flexibility index (Phi) is 30.8. The number of hydrogen-bond acceptors (Lipinski definition) is 20. The fourth-order valence-corrected chi connectivity index (χ4v) is 10.9. The van der Waals surface area contributed by atoms with Crippen molar-refractivity contribution in [2.24, 2.45) is 9.98 Å². The van der Waals surface area contributed by atoms with Crippen LogP contribution >= 0.6 is 0 Å². The molecule has 3 aromatic rings. The zero-order chi connectivity index (χ0) is 81.3. The van der Waals surface area contributed by atoms with Crippen LogP contribution in [0.5, 0.6) is 11.5 Å². The predicted molar refractivity (Wildman–Crippen MR) is 384 cm³/mol. The molecule has 1 aromatic heterocycles. The number of amides is 6. The number of halogens is 6. The molecular weight excluding hydrogens is 1430 g/mol. The topological polar surface area (TPSA) is 326 Å². The number of nitrogens with zero attached hydrogens (tertiary/aromatic N) is 6. The number of carbonyl (C=O) groups excluding carboxylic acids is 10. The lowest BCUT2D eigenvalue weighted by Crippen LogP contribution is -2.37. The summed E-state index contributed by atoms with van der Waals surface area (Å²) in [6.45, 7) is 29.5. The second kappa shape index (κ2) is 37.2. The monoisotopic (exact) mass is 1530 g/mol. The van der Waals surface area contributed by atoms with Crippen molar-refractivity contribution in [3.63, 3.8) is 0 Å². The molecule has 0 aliphatic carbocycles. The first-order valence-corrected chi connectivity index (χ1v) is 35.8. The molecule has 2 N–H and O–H groups in total. The Labute approximate surface area is 626 Å². The number of alkyl carbamates (subject to hydrolysis) is 2. The fraction of sp³-hybridized carbons (Fsp3) is 0.632. The number of ketones is 4. The minimum atomic E-state index is -5.07. The van der Waals surface area contributed by atoms with E-state index in [9.17, 15) is 47.9 Å². The molecule has 5 rings (SSSR count). The van der Waals surface area contributed by atoms with Crippen molar-refractivity contribution in [1.82, 2.24) is 30.4 Å². The van der Waals surface area contributed by atoms with Gasteiger partial charge in [-0.05, 0) is 181 Å². The smallest absolute Gasteiger partial charge is 0.435 e. The Morgan fingerprint density at radius 1 is 0.417 bits per heavy atom. The van der Waals surface area contributed by atoms with Crippen molar-refractivity contribution in [2.75, 3.05) is 26.2 Å². The third-order valence-electron chi connectivity index (χ3n) is 15.3. The van der Waals surface area contributed by atoms with E-state index in [1.165, 1.54) is 9.80 Å². The Morgan fingerprint density at radius 2 is 0.722 bits per heavy atom. The summed E-state index contributed by atoms with van der Waals surface area (Å²) in [5.41, 5.74) is -10.3. The molecule has 2 saturated heterocycles. The maximum atomic E-state index is 15.1. The highest BCUT2D eigenvalue weighted by atomic mass is 19.4. The molecule has 2 aliphatic rings. The third kappa shape index (κ3) is 32.7. The maximum Gasteiger partial charge on any atom is 0.435 e. The van der Waals surface area contributed by atoms with E-state index < -0.39 is 166 Å². The number of alkyl halides is 6. The zero-order valence-electron chi connectivity index (χ0n) is 65.1. The van der Waals surface area contributed by atoms with Crippen LogP contribution in [0.25, 0.3) is 0 Å². The van der Waals surface area contributed by atoms with E-state index in [2.05, 4.69) is 30.6 Å². The number of carbonyl (C=O) groups is 10. The van der Waals surface area contributed by atoms with Crippen LogP contribution in [0.3, 0.4) is 0 Å². The number of likely N-dealkylation sites (tertiary alicyclic amines) is 2. The van der Waals surface area contributed by atoms with Crippen LogP contribution < -0.4 is 20.1 Å². The first kappa shape index (κ1) is 89.4. The van der Waals surface area contributed by atoms with Gasteiger partial charge in [-0.1, -0.05) is 12.8 Å². The number of unbranched alkanes of at least 4 members (excludes halogenated alkanes) is 4. The molecular formula is C76H104F6N8O18. The minimum absolute atomic E-state index is 0.0147. The normalized spacial score (nSPS) is 15.6. The number of aliphatic imine (C=N–C) groups is 2. The molecule has 2 fully saturated rings. The molecule has 2 aliphatic heterocycles. The highest BCUT2D eigenvalue weighted by molar-refractivity contribution is 6.02. The van der Waals surface area contributed by atoms with Gasteiger partial charge in [0.05, 0.1) is 24.2 Å². The van der Waals surface area contributed by atoms with Gasteiger partial charge in [-0.15, -0.1) is 0 Å². The average molecular weight is 1530 g/mol. The second-order valence-corrected chi connectivity index (χ2v) is 32.5. The van der Waals surface area contributed by atoms with E-state index >= 15 is 26.3 Å². The number of amidine groups is 2. The van der Waals surface area contributed by atoms with E-state index in [4.69, 9.17) is 37.9 Å². The lowest BCUT2D eigenvalue weighted by atomic mass is 9.94. The van der Waals surface area contributed by atoms with Gasteiger partial charge in [0.1, 0.15) is 98.3 Å². The maximum absolute atomic E-state index is 15.1. The molecule has 0 saturated carbocycles. The summed E-state index contributed by atoms with van der Waals surface area (Å²) >= 11 is 0. The Hall–Kier alpha value is -9.26. The third-order valence-corrected chi connectivity index (χ3v) is 15.3. The van der Waals surface area contributed by atoms with Crippen LogP contribution in [0.2, 0.25) is 0 Å². The lowest BCUT2D eigenvalue weighted by Gasteiger charge is -2.25. The van der Waals surface area contributed by atoms with Gasteiger partial charge in [-0.3, -0.25) is 29.8 Å². The van der Waals surface area contributed by atoms with Crippen LogP contribution in [0.15, 0.2) is 46.6 Å².